The second kappa shape index (κ2) is 8.44. The number of nitrogens with one attached hydrogen (secondary N) is 1. The third-order valence-electron chi connectivity index (χ3n) is 5.65. The quantitative estimate of drug-likeness (QED) is 0.382. The van der Waals surface area contributed by atoms with E-state index in [4.69, 9.17) is 9.72 Å². The summed E-state index contributed by atoms with van der Waals surface area (Å²) in [5, 5.41) is 1.41. The van der Waals surface area contributed by atoms with Crippen LogP contribution in [0.25, 0.3) is 27.6 Å². The number of benzene rings is 2. The summed E-state index contributed by atoms with van der Waals surface area (Å²) in [7, 11) is 0. The minimum Gasteiger partial charge on any atom is -0.378 e. The van der Waals surface area contributed by atoms with Crippen molar-refractivity contribution in [3.05, 3.63) is 63.9 Å². The van der Waals surface area contributed by atoms with Gasteiger partial charge >= 0.3 is 0 Å². The standard InChI is InChI=1S/C24H24N4O3S/c1-15-11-16(2)13-17(12-15)28-23(30)22-21(18-5-3-4-6-19(18)25-22)26-24(28)32-14-20(29)27-7-9-31-10-8-27/h3-6,11-13,25H,7-10,14H2,1-2H3. The number of carbonyl (C=O) groups is 1. The van der Waals surface area contributed by atoms with E-state index in [-0.39, 0.29) is 17.2 Å². The van der Waals surface area contributed by atoms with Crippen molar-refractivity contribution in [2.24, 2.45) is 0 Å². The molecule has 1 amide bonds. The Morgan fingerprint density at radius 3 is 2.59 bits per heavy atom. The molecule has 0 spiro atoms. The van der Waals surface area contributed by atoms with Crippen LogP contribution in [0.3, 0.4) is 0 Å². The van der Waals surface area contributed by atoms with Gasteiger partial charge in [-0.1, -0.05) is 36.0 Å². The molecule has 3 heterocycles. The van der Waals surface area contributed by atoms with E-state index in [2.05, 4.69) is 11.1 Å². The molecule has 0 unspecified atom stereocenters. The number of aryl methyl sites for hydroxylation is 2. The average molecular weight is 449 g/mol. The number of morpholine rings is 1. The summed E-state index contributed by atoms with van der Waals surface area (Å²) in [6.07, 6.45) is 0. The van der Waals surface area contributed by atoms with Crippen LogP contribution in [0.4, 0.5) is 0 Å². The van der Waals surface area contributed by atoms with Crippen LogP contribution in [-0.2, 0) is 9.53 Å². The van der Waals surface area contributed by atoms with Crippen molar-refractivity contribution in [2.75, 3.05) is 32.1 Å². The second-order valence-electron chi connectivity index (χ2n) is 8.06. The summed E-state index contributed by atoms with van der Waals surface area (Å²) in [5.74, 6) is 0.240. The van der Waals surface area contributed by atoms with E-state index in [0.717, 1.165) is 27.7 Å². The van der Waals surface area contributed by atoms with Crippen LogP contribution in [0.1, 0.15) is 11.1 Å². The molecule has 0 atom stereocenters. The molecule has 1 aliphatic rings. The van der Waals surface area contributed by atoms with E-state index in [1.165, 1.54) is 11.8 Å². The molecule has 0 radical (unpaired) electrons. The maximum atomic E-state index is 13.7. The van der Waals surface area contributed by atoms with Crippen LogP contribution < -0.4 is 5.56 Å². The number of H-pyrrole nitrogens is 1. The topological polar surface area (TPSA) is 80.2 Å². The van der Waals surface area contributed by atoms with Crippen molar-refractivity contribution < 1.29 is 9.53 Å². The van der Waals surface area contributed by atoms with E-state index in [9.17, 15) is 9.59 Å². The summed E-state index contributed by atoms with van der Waals surface area (Å²) in [6.45, 7) is 6.32. The number of amides is 1. The Balaban J connectivity index is 1.63. The Bertz CT molecular complexity index is 1370. The molecule has 4 aromatic rings. The van der Waals surface area contributed by atoms with Crippen LogP contribution in [-0.4, -0.2) is 57.4 Å². The number of rotatable bonds is 4. The number of carbonyl (C=O) groups excluding carboxylic acids is 1. The average Bonchev–Trinajstić information content (AvgIpc) is 3.16. The molecule has 2 aromatic heterocycles. The fourth-order valence-electron chi connectivity index (χ4n) is 4.18. The molecule has 0 saturated carbocycles. The summed E-state index contributed by atoms with van der Waals surface area (Å²) in [5.41, 5.74) is 4.67. The van der Waals surface area contributed by atoms with Crippen molar-refractivity contribution in [2.45, 2.75) is 19.0 Å². The number of para-hydroxylation sites is 1. The molecule has 7 nitrogen and oxygen atoms in total. The van der Waals surface area contributed by atoms with E-state index in [1.54, 1.807) is 9.47 Å². The van der Waals surface area contributed by atoms with Crippen LogP contribution >= 0.6 is 11.8 Å². The number of nitrogens with zero attached hydrogens (tertiary/aromatic N) is 3. The molecule has 8 heteroatoms. The van der Waals surface area contributed by atoms with Gasteiger partial charge in [-0.25, -0.2) is 4.98 Å². The molecular formula is C24H24N4O3S. The number of aromatic nitrogens is 3. The zero-order valence-corrected chi connectivity index (χ0v) is 18.9. The van der Waals surface area contributed by atoms with Crippen LogP contribution in [0, 0.1) is 13.8 Å². The predicted octanol–water partition coefficient (Wildman–Crippen LogP) is 3.43. The monoisotopic (exact) mass is 448 g/mol. The predicted molar refractivity (Wildman–Crippen MR) is 127 cm³/mol. The molecule has 2 aromatic carbocycles. The molecule has 1 fully saturated rings. The van der Waals surface area contributed by atoms with Gasteiger partial charge in [-0.05, 0) is 43.2 Å². The lowest BCUT2D eigenvalue weighted by molar-refractivity contribution is -0.132. The third-order valence-corrected chi connectivity index (χ3v) is 6.57. The molecule has 1 aliphatic heterocycles. The molecule has 1 saturated heterocycles. The Hall–Kier alpha value is -3.10. The van der Waals surface area contributed by atoms with Gasteiger partial charge in [0.15, 0.2) is 5.16 Å². The highest BCUT2D eigenvalue weighted by Crippen LogP contribution is 2.27. The largest absolute Gasteiger partial charge is 0.378 e. The Morgan fingerprint density at radius 2 is 1.84 bits per heavy atom. The number of thioether (sulfide) groups is 1. The normalized spacial score (nSPS) is 14.4. The van der Waals surface area contributed by atoms with E-state index in [1.807, 2.05) is 50.2 Å². The van der Waals surface area contributed by atoms with Gasteiger partial charge in [0.05, 0.1) is 24.7 Å². The lowest BCUT2D eigenvalue weighted by atomic mass is 10.1. The van der Waals surface area contributed by atoms with E-state index < -0.39 is 0 Å². The molecule has 0 aliphatic carbocycles. The Labute approximate surface area is 189 Å². The molecule has 32 heavy (non-hydrogen) atoms. The van der Waals surface area contributed by atoms with Gasteiger partial charge in [0.25, 0.3) is 5.56 Å². The minimum absolute atomic E-state index is 0.0264. The smallest absolute Gasteiger partial charge is 0.283 e. The maximum absolute atomic E-state index is 13.7. The number of ether oxygens (including phenoxy) is 1. The van der Waals surface area contributed by atoms with Gasteiger partial charge in [-0.3, -0.25) is 14.2 Å². The first-order valence-corrected chi connectivity index (χ1v) is 11.6. The first kappa shape index (κ1) is 20.8. The van der Waals surface area contributed by atoms with Crippen LogP contribution in [0.15, 0.2) is 52.4 Å². The molecular weight excluding hydrogens is 424 g/mol. The fraction of sp³-hybridized carbons (Fsp3) is 0.292. The van der Waals surface area contributed by atoms with Crippen molar-refractivity contribution in [3.63, 3.8) is 0 Å². The molecule has 0 bridgehead atoms. The third kappa shape index (κ3) is 3.80. The van der Waals surface area contributed by atoms with Crippen LogP contribution in [0.2, 0.25) is 0 Å². The summed E-state index contributed by atoms with van der Waals surface area (Å²) in [6, 6.07) is 13.8. The number of aromatic amines is 1. The summed E-state index contributed by atoms with van der Waals surface area (Å²) < 4.78 is 6.97. The van der Waals surface area contributed by atoms with E-state index >= 15 is 0 Å². The lowest BCUT2D eigenvalue weighted by Crippen LogP contribution is -2.41. The van der Waals surface area contributed by atoms with Gasteiger partial charge in [0.2, 0.25) is 5.91 Å². The number of hydrogen-bond acceptors (Lipinski definition) is 5. The van der Waals surface area contributed by atoms with Gasteiger partial charge in [0.1, 0.15) is 11.0 Å². The fourth-order valence-corrected chi connectivity index (χ4v) is 5.09. The molecule has 164 valence electrons. The van der Waals surface area contributed by atoms with Crippen molar-refractivity contribution in [3.8, 4) is 5.69 Å². The van der Waals surface area contributed by atoms with Crippen LogP contribution in [0.5, 0.6) is 0 Å². The molecule has 1 N–H and O–H groups in total. The van der Waals surface area contributed by atoms with Gasteiger partial charge in [-0.2, -0.15) is 0 Å². The Kier molecular flexibility index (Phi) is 5.48. The van der Waals surface area contributed by atoms with E-state index in [0.29, 0.717) is 42.5 Å². The van der Waals surface area contributed by atoms with Gasteiger partial charge < -0.3 is 14.6 Å². The van der Waals surface area contributed by atoms with Crippen molar-refractivity contribution in [1.29, 1.82) is 0 Å². The second-order valence-corrected chi connectivity index (χ2v) is 9.00. The number of hydrogen-bond donors (Lipinski definition) is 1. The first-order valence-electron chi connectivity index (χ1n) is 10.6. The Morgan fingerprint density at radius 1 is 1.12 bits per heavy atom. The zero-order valence-electron chi connectivity index (χ0n) is 18.1. The SMILES string of the molecule is Cc1cc(C)cc(-n2c(SCC(=O)N3CCOCC3)nc3c([nH]c4ccccc43)c2=O)c1. The van der Waals surface area contributed by atoms with Gasteiger partial charge in [0, 0.05) is 24.0 Å². The summed E-state index contributed by atoms with van der Waals surface area (Å²) in [4.78, 5) is 36.3. The van der Waals surface area contributed by atoms with Gasteiger partial charge in [-0.15, -0.1) is 0 Å². The zero-order chi connectivity index (χ0) is 22.2. The maximum Gasteiger partial charge on any atom is 0.283 e. The van der Waals surface area contributed by atoms with Crippen molar-refractivity contribution >= 4 is 39.6 Å². The summed E-state index contributed by atoms with van der Waals surface area (Å²) >= 11 is 1.30. The molecule has 5 rings (SSSR count). The number of fused-ring (bicyclic) bond motifs is 3. The lowest BCUT2D eigenvalue weighted by Gasteiger charge is -2.26. The highest BCUT2D eigenvalue weighted by atomic mass is 32.2. The highest BCUT2D eigenvalue weighted by Gasteiger charge is 2.21. The minimum atomic E-state index is -0.169. The highest BCUT2D eigenvalue weighted by molar-refractivity contribution is 7.99. The van der Waals surface area contributed by atoms with Crippen molar-refractivity contribution in [1.82, 2.24) is 19.4 Å². The first-order chi connectivity index (χ1) is 15.5.